The van der Waals surface area contributed by atoms with Crippen molar-refractivity contribution in [1.29, 1.82) is 0 Å². The standard InChI is InChI=1S/C40H48FN9O9/c1-22(2)16-29-37(54)50(4)40(13-14-40)38(55)45-25(18-24-8-7-9-31(44-24)56-5)21-58-30-11-10-27-26(17-23(41)20-43-27)34(30)36(53)46-28(19-33(51)49(29)3)35(52)42-15-12-32-47-39(57-6)48-59-32/h7-11,17,20,22,25,28-29H,12-16,18-19,21H2,1-6H3,(H,42,52)(H,45,55)(H,46,53)/t25-,28+,29+/m1/s1. The van der Waals surface area contributed by atoms with E-state index in [0.717, 1.165) is 12.3 Å². The third-order valence-corrected chi connectivity index (χ3v) is 10.5. The van der Waals surface area contributed by atoms with Crippen LogP contribution in [0, 0.1) is 11.7 Å². The number of carbonyl (C=O) groups is 5. The number of pyridine rings is 2. The topological polar surface area (TPSA) is 220 Å². The molecule has 1 aliphatic heterocycles. The molecule has 0 saturated heterocycles. The first-order valence-corrected chi connectivity index (χ1v) is 19.2. The molecule has 18 nitrogen and oxygen atoms in total. The average Bonchev–Trinajstić information content (AvgIpc) is 3.91. The zero-order valence-corrected chi connectivity index (χ0v) is 33.7. The molecular weight excluding hydrogens is 769 g/mol. The molecule has 3 N–H and O–H groups in total. The number of carbonyl (C=O) groups excluding carboxylic acids is 5. The number of benzene rings is 1. The quantitative estimate of drug-likeness (QED) is 0.209. The summed E-state index contributed by atoms with van der Waals surface area (Å²) in [6, 6.07) is 6.08. The second-order valence-corrected chi connectivity index (χ2v) is 15.0. The first-order chi connectivity index (χ1) is 28.2. The van der Waals surface area contributed by atoms with Gasteiger partial charge in [-0.05, 0) is 54.6 Å². The summed E-state index contributed by atoms with van der Waals surface area (Å²) in [6.07, 6.45) is 1.70. The lowest BCUT2D eigenvalue weighted by atomic mass is 9.99. The number of nitrogens with one attached hydrogen (secondary N) is 3. The van der Waals surface area contributed by atoms with Crippen LogP contribution in [-0.4, -0.2) is 125 Å². The molecule has 3 atom stereocenters. The molecule has 0 radical (unpaired) electrons. The van der Waals surface area contributed by atoms with Gasteiger partial charge in [0.2, 0.25) is 35.4 Å². The van der Waals surface area contributed by atoms with Crippen LogP contribution in [0.15, 0.2) is 47.1 Å². The van der Waals surface area contributed by atoms with Gasteiger partial charge in [0.1, 0.15) is 35.8 Å². The van der Waals surface area contributed by atoms with E-state index in [9.17, 15) is 28.4 Å². The summed E-state index contributed by atoms with van der Waals surface area (Å²) in [5, 5.41) is 12.2. The van der Waals surface area contributed by atoms with Crippen molar-refractivity contribution in [2.75, 3.05) is 41.5 Å². The zero-order valence-electron chi connectivity index (χ0n) is 33.7. The number of likely N-dealkylation sites (N-methyl/N-ethyl adjacent to an activating group) is 2. The highest BCUT2D eigenvalue weighted by molar-refractivity contribution is 6.10. The summed E-state index contributed by atoms with van der Waals surface area (Å²) in [5.74, 6) is -3.40. The Kier molecular flexibility index (Phi) is 12.9. The average molecular weight is 818 g/mol. The van der Waals surface area contributed by atoms with Crippen LogP contribution >= 0.6 is 0 Å². The lowest BCUT2D eigenvalue weighted by Crippen LogP contribution is -2.58. The van der Waals surface area contributed by atoms with E-state index in [0.29, 0.717) is 24.4 Å². The van der Waals surface area contributed by atoms with Gasteiger partial charge in [-0.25, -0.2) is 9.37 Å². The molecule has 1 saturated carbocycles. The molecule has 1 aliphatic carbocycles. The Morgan fingerprint density at radius 3 is 2.54 bits per heavy atom. The summed E-state index contributed by atoms with van der Waals surface area (Å²) in [6.45, 7) is 3.58. The van der Waals surface area contributed by atoms with Gasteiger partial charge in [-0.15, -0.1) is 0 Å². The molecule has 1 aromatic carbocycles. The van der Waals surface area contributed by atoms with E-state index in [4.69, 9.17) is 18.7 Å². The van der Waals surface area contributed by atoms with Crippen molar-refractivity contribution >= 4 is 40.4 Å². The van der Waals surface area contributed by atoms with E-state index in [2.05, 4.69) is 36.1 Å². The zero-order chi connectivity index (χ0) is 42.4. The molecular formula is C40H48FN9O9. The molecule has 1 fully saturated rings. The van der Waals surface area contributed by atoms with Gasteiger partial charge in [-0.2, -0.15) is 4.98 Å². The van der Waals surface area contributed by atoms with E-state index in [-0.39, 0.29) is 72.4 Å². The predicted molar refractivity (Wildman–Crippen MR) is 208 cm³/mol. The molecule has 0 unspecified atom stereocenters. The minimum Gasteiger partial charge on any atom is -0.491 e. The van der Waals surface area contributed by atoms with Crippen molar-refractivity contribution < 1.29 is 47.1 Å². The maximum Gasteiger partial charge on any atom is 0.353 e. The third kappa shape index (κ3) is 9.67. The van der Waals surface area contributed by atoms with Crippen LogP contribution in [0.5, 0.6) is 17.6 Å². The van der Waals surface area contributed by atoms with Crippen LogP contribution in [0.1, 0.15) is 61.5 Å². The normalized spacial score (nSPS) is 20.1. The molecule has 6 rings (SSSR count). The van der Waals surface area contributed by atoms with Gasteiger partial charge in [-0.3, -0.25) is 29.0 Å². The van der Waals surface area contributed by atoms with Gasteiger partial charge in [-0.1, -0.05) is 19.9 Å². The van der Waals surface area contributed by atoms with Crippen LogP contribution in [0.4, 0.5) is 4.39 Å². The van der Waals surface area contributed by atoms with Gasteiger partial charge in [0.05, 0.1) is 44.0 Å². The number of fused-ring (bicyclic) bond motifs is 3. The Balaban J connectivity index is 1.41. The molecule has 19 heteroatoms. The van der Waals surface area contributed by atoms with E-state index < -0.39 is 65.4 Å². The highest BCUT2D eigenvalue weighted by Gasteiger charge is 2.56. The van der Waals surface area contributed by atoms with Crippen molar-refractivity contribution in [2.24, 2.45) is 5.92 Å². The summed E-state index contributed by atoms with van der Waals surface area (Å²) < 4.78 is 36.5. The fourth-order valence-corrected chi connectivity index (χ4v) is 7.02. The van der Waals surface area contributed by atoms with Crippen LogP contribution in [0.3, 0.4) is 0 Å². The van der Waals surface area contributed by atoms with Gasteiger partial charge in [0.15, 0.2) is 0 Å². The van der Waals surface area contributed by atoms with E-state index in [1.54, 1.807) is 31.3 Å². The van der Waals surface area contributed by atoms with Crippen molar-refractivity contribution in [3.8, 4) is 17.6 Å². The summed E-state index contributed by atoms with van der Waals surface area (Å²) in [5.41, 5.74) is -0.554. The molecule has 314 valence electrons. The maximum absolute atomic E-state index is 14.8. The number of ether oxygens (including phenoxy) is 3. The van der Waals surface area contributed by atoms with Crippen LogP contribution < -0.4 is 30.2 Å². The number of hydrogen-bond donors (Lipinski definition) is 3. The molecule has 59 heavy (non-hydrogen) atoms. The highest BCUT2D eigenvalue weighted by Crippen LogP contribution is 2.42. The Morgan fingerprint density at radius 2 is 1.85 bits per heavy atom. The van der Waals surface area contributed by atoms with E-state index in [1.807, 2.05) is 13.8 Å². The van der Waals surface area contributed by atoms with E-state index >= 15 is 0 Å². The van der Waals surface area contributed by atoms with E-state index in [1.165, 1.54) is 37.1 Å². The Bertz CT molecular complexity index is 2210. The molecule has 3 aromatic heterocycles. The second kappa shape index (κ2) is 18.0. The van der Waals surface area contributed by atoms with Crippen LogP contribution in [0.25, 0.3) is 10.9 Å². The number of hydrogen-bond acceptors (Lipinski definition) is 13. The van der Waals surface area contributed by atoms with Crippen molar-refractivity contribution in [3.05, 3.63) is 65.6 Å². The Labute approximate surface area is 339 Å². The smallest absolute Gasteiger partial charge is 0.353 e. The first kappa shape index (κ1) is 42.2. The van der Waals surface area contributed by atoms with Crippen molar-refractivity contribution in [1.82, 2.24) is 45.9 Å². The lowest BCUT2D eigenvalue weighted by Gasteiger charge is -2.36. The second-order valence-electron chi connectivity index (χ2n) is 15.0. The summed E-state index contributed by atoms with van der Waals surface area (Å²) in [4.78, 5) is 86.5. The van der Waals surface area contributed by atoms with Crippen LogP contribution in [-0.2, 0) is 32.0 Å². The molecule has 4 heterocycles. The van der Waals surface area contributed by atoms with Crippen molar-refractivity contribution in [3.63, 3.8) is 0 Å². The third-order valence-electron chi connectivity index (χ3n) is 10.5. The molecule has 2 aliphatic rings. The molecule has 4 aromatic rings. The van der Waals surface area contributed by atoms with Crippen LogP contribution in [0.2, 0.25) is 0 Å². The SMILES string of the molecule is COc1cccc(C[C@@H]2COc3ccc4ncc(F)cc4c3C(=O)N[C@H](C(=O)NCCc3nc(OC)no3)CC(=O)N(C)[C@@H](CC(C)C)C(=O)N(C)C3(CC3)C(=O)N2)n1. The number of rotatable bonds is 10. The molecule has 1 spiro atoms. The van der Waals surface area contributed by atoms with Gasteiger partial charge in [0, 0.05) is 50.6 Å². The van der Waals surface area contributed by atoms with Gasteiger partial charge >= 0.3 is 6.01 Å². The predicted octanol–water partition coefficient (Wildman–Crippen LogP) is 2.00. The molecule has 5 amide bonds. The number of nitrogens with zero attached hydrogens (tertiary/aromatic N) is 6. The largest absolute Gasteiger partial charge is 0.491 e. The highest BCUT2D eigenvalue weighted by atomic mass is 19.1. The number of halogens is 1. The van der Waals surface area contributed by atoms with Crippen molar-refractivity contribution in [2.45, 2.75) is 76.0 Å². The summed E-state index contributed by atoms with van der Waals surface area (Å²) in [7, 11) is 5.86. The number of methoxy groups -OCH3 is 2. The molecule has 0 bridgehead atoms. The fraction of sp³-hybridized carbons (Fsp3) is 0.475. The minimum absolute atomic E-state index is 0.00619. The number of amides is 5. The minimum atomic E-state index is -1.49. The monoisotopic (exact) mass is 817 g/mol. The Morgan fingerprint density at radius 1 is 1.07 bits per heavy atom. The first-order valence-electron chi connectivity index (χ1n) is 19.2. The van der Waals surface area contributed by atoms with Gasteiger partial charge < -0.3 is 44.5 Å². The summed E-state index contributed by atoms with van der Waals surface area (Å²) >= 11 is 0. The Hall–Kier alpha value is -6.40. The lowest BCUT2D eigenvalue weighted by molar-refractivity contribution is -0.149. The number of aromatic nitrogens is 4. The fourth-order valence-electron chi connectivity index (χ4n) is 7.02. The van der Waals surface area contributed by atoms with Gasteiger partial charge in [0.25, 0.3) is 5.91 Å². The maximum atomic E-state index is 14.8.